The summed E-state index contributed by atoms with van der Waals surface area (Å²) >= 11 is 0. The number of phenolic OH excluding ortho intramolecular Hbond substituents is 1. The molecule has 0 unspecified atom stereocenters. The Bertz CT molecular complexity index is 561. The predicted octanol–water partition coefficient (Wildman–Crippen LogP) is 3.09. The van der Waals surface area contributed by atoms with Crippen LogP contribution in [0.25, 0.3) is 10.9 Å². The molecule has 19 heavy (non-hydrogen) atoms. The molecule has 1 aromatic carbocycles. The highest BCUT2D eigenvalue weighted by atomic mass is 16.3. The fraction of sp³-hybridized carbons (Fsp3) is 0.250. The number of hydrogen-bond donors (Lipinski definition) is 2. The van der Waals surface area contributed by atoms with Crippen molar-refractivity contribution in [2.45, 2.75) is 6.42 Å². The number of fused-ring (bicyclic) bond motifs is 1. The lowest BCUT2D eigenvalue weighted by Crippen LogP contribution is -2.26. The third-order valence-corrected chi connectivity index (χ3v) is 3.24. The molecule has 0 bridgehead atoms. The second kappa shape index (κ2) is 6.25. The van der Waals surface area contributed by atoms with E-state index in [1.807, 2.05) is 30.5 Å². The molecule has 0 atom stereocenters. The van der Waals surface area contributed by atoms with Gasteiger partial charge in [-0.3, -0.25) is 4.90 Å². The second-order valence-electron chi connectivity index (χ2n) is 4.60. The number of aromatic amines is 1. The summed E-state index contributed by atoms with van der Waals surface area (Å²) in [5.74, 6) is 0.341. The molecule has 0 aliphatic carbocycles. The van der Waals surface area contributed by atoms with Gasteiger partial charge in [0.15, 0.2) is 0 Å². The monoisotopic (exact) mass is 256 g/mol. The molecule has 100 valence electrons. The first-order chi connectivity index (χ1) is 9.26. The Hall–Kier alpha value is -2.00. The first-order valence-corrected chi connectivity index (χ1v) is 6.48. The zero-order valence-corrected chi connectivity index (χ0v) is 11.1. The summed E-state index contributed by atoms with van der Waals surface area (Å²) in [7, 11) is 0. The van der Waals surface area contributed by atoms with Crippen LogP contribution in [0.3, 0.4) is 0 Å². The van der Waals surface area contributed by atoms with Crippen LogP contribution in [0, 0.1) is 0 Å². The average Bonchev–Trinajstić information content (AvgIpc) is 2.81. The molecule has 1 heterocycles. The van der Waals surface area contributed by atoms with Gasteiger partial charge in [0.1, 0.15) is 5.75 Å². The Kier molecular flexibility index (Phi) is 4.42. The van der Waals surface area contributed by atoms with Crippen LogP contribution in [0.4, 0.5) is 0 Å². The number of hydrogen-bond acceptors (Lipinski definition) is 2. The largest absolute Gasteiger partial charge is 0.507 e. The van der Waals surface area contributed by atoms with E-state index < -0.39 is 0 Å². The Balaban J connectivity index is 2.12. The smallest absolute Gasteiger partial charge is 0.125 e. The quantitative estimate of drug-likeness (QED) is 0.747. The second-order valence-corrected chi connectivity index (χ2v) is 4.60. The topological polar surface area (TPSA) is 39.3 Å². The van der Waals surface area contributed by atoms with Crippen LogP contribution < -0.4 is 0 Å². The van der Waals surface area contributed by atoms with Gasteiger partial charge in [0.05, 0.1) is 0 Å². The molecule has 0 saturated heterocycles. The SMILES string of the molecule is C=CCN(CC=C)CCc1c[nH]c2cccc(O)c12. The zero-order chi connectivity index (χ0) is 13.7. The number of H-pyrrole nitrogens is 1. The first-order valence-electron chi connectivity index (χ1n) is 6.48. The minimum Gasteiger partial charge on any atom is -0.507 e. The summed E-state index contributed by atoms with van der Waals surface area (Å²) in [6.07, 6.45) is 6.66. The van der Waals surface area contributed by atoms with Crippen molar-refractivity contribution in [2.24, 2.45) is 0 Å². The van der Waals surface area contributed by atoms with E-state index in [9.17, 15) is 5.11 Å². The third kappa shape index (κ3) is 3.06. The lowest BCUT2D eigenvalue weighted by molar-refractivity contribution is 0.340. The van der Waals surface area contributed by atoms with Crippen molar-refractivity contribution in [3.05, 3.63) is 55.3 Å². The highest BCUT2D eigenvalue weighted by Gasteiger charge is 2.09. The van der Waals surface area contributed by atoms with Gasteiger partial charge < -0.3 is 10.1 Å². The lowest BCUT2D eigenvalue weighted by atomic mass is 10.1. The fourth-order valence-electron chi connectivity index (χ4n) is 2.33. The Labute approximate surface area is 113 Å². The third-order valence-electron chi connectivity index (χ3n) is 3.24. The van der Waals surface area contributed by atoms with Crippen LogP contribution in [-0.2, 0) is 6.42 Å². The summed E-state index contributed by atoms with van der Waals surface area (Å²) in [4.78, 5) is 5.46. The maximum Gasteiger partial charge on any atom is 0.125 e. The number of aromatic nitrogens is 1. The number of nitrogens with zero attached hydrogens (tertiary/aromatic N) is 1. The molecule has 0 spiro atoms. The average molecular weight is 256 g/mol. The van der Waals surface area contributed by atoms with Crippen LogP contribution in [0.5, 0.6) is 5.75 Å². The standard InChI is InChI=1S/C16H20N2O/c1-3-9-18(10-4-2)11-8-13-12-17-14-6-5-7-15(19)16(13)14/h3-7,12,17,19H,1-2,8-11H2. The van der Waals surface area contributed by atoms with E-state index >= 15 is 0 Å². The van der Waals surface area contributed by atoms with Crippen molar-refractivity contribution in [2.75, 3.05) is 19.6 Å². The maximum atomic E-state index is 9.95. The summed E-state index contributed by atoms with van der Waals surface area (Å²) in [6, 6.07) is 5.55. The number of aromatic hydroxyl groups is 1. The zero-order valence-electron chi connectivity index (χ0n) is 11.1. The maximum absolute atomic E-state index is 9.95. The van der Waals surface area contributed by atoms with E-state index in [1.54, 1.807) is 6.07 Å². The van der Waals surface area contributed by atoms with E-state index in [2.05, 4.69) is 23.0 Å². The summed E-state index contributed by atoms with van der Waals surface area (Å²) in [5.41, 5.74) is 2.13. The van der Waals surface area contributed by atoms with Crippen LogP contribution in [0.1, 0.15) is 5.56 Å². The minimum atomic E-state index is 0.341. The number of phenols is 1. The molecule has 3 heteroatoms. The highest BCUT2D eigenvalue weighted by molar-refractivity contribution is 5.88. The molecular weight excluding hydrogens is 236 g/mol. The van der Waals surface area contributed by atoms with Gasteiger partial charge in [0.25, 0.3) is 0 Å². The molecule has 0 radical (unpaired) electrons. The molecule has 0 aliphatic heterocycles. The van der Waals surface area contributed by atoms with E-state index in [-0.39, 0.29) is 0 Å². The molecule has 3 nitrogen and oxygen atoms in total. The molecule has 2 aromatic rings. The molecule has 0 fully saturated rings. The van der Waals surface area contributed by atoms with E-state index in [4.69, 9.17) is 0 Å². The minimum absolute atomic E-state index is 0.341. The molecule has 2 rings (SSSR count). The molecular formula is C16H20N2O. The van der Waals surface area contributed by atoms with Gasteiger partial charge in [-0.2, -0.15) is 0 Å². The highest BCUT2D eigenvalue weighted by Crippen LogP contribution is 2.27. The van der Waals surface area contributed by atoms with Gasteiger partial charge in [-0.15, -0.1) is 13.2 Å². The number of nitrogens with one attached hydrogen (secondary N) is 1. The van der Waals surface area contributed by atoms with Gasteiger partial charge >= 0.3 is 0 Å². The fourth-order valence-corrected chi connectivity index (χ4v) is 2.33. The van der Waals surface area contributed by atoms with Crippen molar-refractivity contribution in [3.63, 3.8) is 0 Å². The van der Waals surface area contributed by atoms with Crippen molar-refractivity contribution in [1.29, 1.82) is 0 Å². The van der Waals surface area contributed by atoms with E-state index in [1.165, 1.54) is 0 Å². The Morgan fingerprint density at radius 3 is 2.63 bits per heavy atom. The summed E-state index contributed by atoms with van der Waals surface area (Å²) < 4.78 is 0. The summed E-state index contributed by atoms with van der Waals surface area (Å²) in [6.45, 7) is 10.2. The van der Waals surface area contributed by atoms with Gasteiger partial charge in [-0.25, -0.2) is 0 Å². The molecule has 0 aliphatic rings. The van der Waals surface area contributed by atoms with Crippen LogP contribution >= 0.6 is 0 Å². The van der Waals surface area contributed by atoms with Crippen LogP contribution in [0.2, 0.25) is 0 Å². The van der Waals surface area contributed by atoms with Crippen LogP contribution in [0.15, 0.2) is 49.7 Å². The normalized spacial score (nSPS) is 11.0. The number of rotatable bonds is 7. The predicted molar refractivity (Wildman–Crippen MR) is 80.5 cm³/mol. The van der Waals surface area contributed by atoms with Crippen molar-refractivity contribution in [3.8, 4) is 5.75 Å². The molecule has 0 saturated carbocycles. The molecule has 0 amide bonds. The van der Waals surface area contributed by atoms with E-state index in [0.29, 0.717) is 5.75 Å². The summed E-state index contributed by atoms with van der Waals surface area (Å²) in [5, 5.41) is 10.9. The van der Waals surface area contributed by atoms with Gasteiger partial charge in [0, 0.05) is 36.7 Å². The van der Waals surface area contributed by atoms with Crippen LogP contribution in [-0.4, -0.2) is 34.6 Å². The first kappa shape index (κ1) is 13.4. The number of benzene rings is 1. The van der Waals surface area contributed by atoms with Crippen molar-refractivity contribution in [1.82, 2.24) is 9.88 Å². The molecule has 2 N–H and O–H groups in total. The van der Waals surface area contributed by atoms with Gasteiger partial charge in [0.2, 0.25) is 0 Å². The van der Waals surface area contributed by atoms with E-state index in [0.717, 1.165) is 42.5 Å². The van der Waals surface area contributed by atoms with Crippen molar-refractivity contribution >= 4 is 10.9 Å². The molecule has 1 aromatic heterocycles. The lowest BCUT2D eigenvalue weighted by Gasteiger charge is -2.18. The van der Waals surface area contributed by atoms with Gasteiger partial charge in [-0.05, 0) is 24.1 Å². The Morgan fingerprint density at radius 1 is 1.21 bits per heavy atom. The van der Waals surface area contributed by atoms with Gasteiger partial charge in [-0.1, -0.05) is 18.2 Å². The Morgan fingerprint density at radius 2 is 1.95 bits per heavy atom. The van der Waals surface area contributed by atoms with Crippen molar-refractivity contribution < 1.29 is 5.11 Å².